The molecule has 5 heteroatoms. The van der Waals surface area contributed by atoms with Crippen molar-refractivity contribution in [2.75, 3.05) is 19.7 Å². The van der Waals surface area contributed by atoms with E-state index in [1.165, 1.54) is 0 Å². The predicted octanol–water partition coefficient (Wildman–Crippen LogP) is 2.36. The monoisotopic (exact) mass is 317 g/mol. The van der Waals surface area contributed by atoms with Crippen LogP contribution in [0.25, 0.3) is 0 Å². The quantitative estimate of drug-likeness (QED) is 0.480. The molecule has 3 unspecified atom stereocenters. The second kappa shape index (κ2) is 6.79. The smallest absolute Gasteiger partial charge is 0.191 e. The van der Waals surface area contributed by atoms with E-state index in [1.54, 1.807) is 6.26 Å². The van der Waals surface area contributed by atoms with E-state index in [1.807, 2.05) is 18.2 Å². The number of nitrogens with one attached hydrogen (secondary N) is 2. The molecule has 0 bridgehead atoms. The highest BCUT2D eigenvalue weighted by atomic mass is 16.5. The zero-order valence-corrected chi connectivity index (χ0v) is 14.0. The van der Waals surface area contributed by atoms with Crippen molar-refractivity contribution in [1.82, 2.24) is 10.6 Å². The third-order valence-electron chi connectivity index (χ3n) is 5.01. The SMILES string of the molecule is C=CCNC(=NCCc1ccco1)NC1C2CCOC2C1(C)C. The minimum atomic E-state index is 0.138. The molecule has 2 aliphatic rings. The van der Waals surface area contributed by atoms with Gasteiger partial charge in [0.2, 0.25) is 0 Å². The van der Waals surface area contributed by atoms with E-state index in [4.69, 9.17) is 9.15 Å². The molecule has 3 atom stereocenters. The molecule has 0 amide bonds. The number of hydrogen-bond acceptors (Lipinski definition) is 3. The molecule has 1 saturated carbocycles. The van der Waals surface area contributed by atoms with Crippen LogP contribution in [0.3, 0.4) is 0 Å². The van der Waals surface area contributed by atoms with Crippen molar-refractivity contribution in [1.29, 1.82) is 0 Å². The van der Waals surface area contributed by atoms with Crippen LogP contribution in [0.4, 0.5) is 0 Å². The first-order valence-corrected chi connectivity index (χ1v) is 8.42. The molecule has 1 aromatic rings. The maximum Gasteiger partial charge on any atom is 0.191 e. The average molecular weight is 317 g/mol. The molecule has 3 rings (SSSR count). The third-order valence-corrected chi connectivity index (χ3v) is 5.01. The van der Waals surface area contributed by atoms with Gasteiger partial charge in [-0.1, -0.05) is 19.9 Å². The summed E-state index contributed by atoms with van der Waals surface area (Å²) in [6.45, 7) is 10.6. The Bertz CT molecular complexity index is 551. The highest BCUT2D eigenvalue weighted by molar-refractivity contribution is 5.80. The van der Waals surface area contributed by atoms with Crippen molar-refractivity contribution < 1.29 is 9.15 Å². The molecule has 1 aliphatic carbocycles. The number of fused-ring (bicyclic) bond motifs is 1. The van der Waals surface area contributed by atoms with Crippen LogP contribution in [0.5, 0.6) is 0 Å². The number of hydrogen-bond donors (Lipinski definition) is 2. The summed E-state index contributed by atoms with van der Waals surface area (Å²) in [5, 5.41) is 6.93. The van der Waals surface area contributed by atoms with Crippen molar-refractivity contribution in [2.24, 2.45) is 16.3 Å². The molecule has 2 N–H and O–H groups in total. The first-order chi connectivity index (χ1) is 11.1. The van der Waals surface area contributed by atoms with Crippen molar-refractivity contribution in [3.8, 4) is 0 Å². The lowest BCUT2D eigenvalue weighted by Gasteiger charge is -2.54. The number of rotatable bonds is 6. The Hall–Kier alpha value is -1.75. The van der Waals surface area contributed by atoms with Gasteiger partial charge < -0.3 is 19.8 Å². The maximum atomic E-state index is 5.86. The molecule has 5 nitrogen and oxygen atoms in total. The fraction of sp³-hybridized carbons (Fsp3) is 0.611. The van der Waals surface area contributed by atoms with E-state index in [0.29, 0.717) is 31.2 Å². The summed E-state index contributed by atoms with van der Waals surface area (Å²) >= 11 is 0. The predicted molar refractivity (Wildman–Crippen MR) is 91.5 cm³/mol. The van der Waals surface area contributed by atoms with Gasteiger partial charge in [0.25, 0.3) is 0 Å². The number of ether oxygens (including phenoxy) is 1. The largest absolute Gasteiger partial charge is 0.469 e. The molecule has 2 fully saturated rings. The Kier molecular flexibility index (Phi) is 4.76. The Morgan fingerprint density at radius 3 is 3.13 bits per heavy atom. The zero-order chi connectivity index (χ0) is 16.3. The van der Waals surface area contributed by atoms with E-state index in [0.717, 1.165) is 31.2 Å². The van der Waals surface area contributed by atoms with Crippen molar-refractivity contribution in [3.05, 3.63) is 36.8 Å². The van der Waals surface area contributed by atoms with Crippen LogP contribution in [0.2, 0.25) is 0 Å². The second-order valence-corrected chi connectivity index (χ2v) is 6.92. The summed E-state index contributed by atoms with van der Waals surface area (Å²) in [5.74, 6) is 2.40. The summed E-state index contributed by atoms with van der Waals surface area (Å²) in [6, 6.07) is 4.29. The van der Waals surface area contributed by atoms with Gasteiger partial charge in [0.05, 0.1) is 12.4 Å². The molecule has 126 valence electrons. The second-order valence-electron chi connectivity index (χ2n) is 6.92. The van der Waals surface area contributed by atoms with Gasteiger partial charge >= 0.3 is 0 Å². The molecule has 1 aromatic heterocycles. The van der Waals surface area contributed by atoms with E-state index >= 15 is 0 Å². The highest BCUT2D eigenvalue weighted by Crippen LogP contribution is 2.52. The van der Waals surface area contributed by atoms with E-state index < -0.39 is 0 Å². The van der Waals surface area contributed by atoms with Crippen LogP contribution in [0.15, 0.2) is 40.5 Å². The Labute approximate surface area is 138 Å². The van der Waals surface area contributed by atoms with Gasteiger partial charge in [-0.3, -0.25) is 4.99 Å². The first-order valence-electron chi connectivity index (χ1n) is 8.42. The molecule has 23 heavy (non-hydrogen) atoms. The Morgan fingerprint density at radius 1 is 1.52 bits per heavy atom. The molecule has 0 radical (unpaired) electrons. The van der Waals surface area contributed by atoms with E-state index in [-0.39, 0.29) is 5.41 Å². The number of guanidine groups is 1. The van der Waals surface area contributed by atoms with Crippen LogP contribution >= 0.6 is 0 Å². The van der Waals surface area contributed by atoms with Gasteiger partial charge in [-0.2, -0.15) is 0 Å². The standard InChI is InChI=1S/C18H27N3O2/c1-4-9-19-17(20-10-7-13-6-5-11-22-13)21-15-14-8-12-23-16(14)18(15,2)3/h4-6,11,14-16H,1,7-10,12H2,2-3H3,(H2,19,20,21). The van der Waals surface area contributed by atoms with Gasteiger partial charge in [-0.05, 0) is 18.6 Å². The maximum absolute atomic E-state index is 5.86. The summed E-state index contributed by atoms with van der Waals surface area (Å²) in [7, 11) is 0. The number of nitrogens with zero attached hydrogens (tertiary/aromatic N) is 1. The average Bonchev–Trinajstić information content (AvgIpc) is 3.19. The van der Waals surface area contributed by atoms with Crippen LogP contribution in [-0.4, -0.2) is 37.8 Å². The third kappa shape index (κ3) is 3.29. The first kappa shape index (κ1) is 16.1. The van der Waals surface area contributed by atoms with Crippen molar-refractivity contribution in [2.45, 2.75) is 38.8 Å². The summed E-state index contributed by atoms with van der Waals surface area (Å²) in [6.07, 6.45) is 5.86. The van der Waals surface area contributed by atoms with Crippen molar-refractivity contribution in [3.63, 3.8) is 0 Å². The molecule has 1 saturated heterocycles. The molecule has 0 aromatic carbocycles. The fourth-order valence-corrected chi connectivity index (χ4v) is 3.82. The van der Waals surface area contributed by atoms with Crippen LogP contribution in [0.1, 0.15) is 26.0 Å². The lowest BCUT2D eigenvalue weighted by atomic mass is 9.57. The van der Waals surface area contributed by atoms with E-state index in [2.05, 4.69) is 36.1 Å². The highest BCUT2D eigenvalue weighted by Gasteiger charge is 2.59. The normalized spacial score (nSPS) is 28.8. The van der Waals surface area contributed by atoms with Crippen LogP contribution in [-0.2, 0) is 11.2 Å². The van der Waals surface area contributed by atoms with Gasteiger partial charge in [0.1, 0.15) is 5.76 Å². The summed E-state index contributed by atoms with van der Waals surface area (Å²) in [5.41, 5.74) is 0.138. The molecule has 0 spiro atoms. The summed E-state index contributed by atoms with van der Waals surface area (Å²) < 4.78 is 11.2. The minimum absolute atomic E-state index is 0.138. The minimum Gasteiger partial charge on any atom is -0.469 e. The fourth-order valence-electron chi connectivity index (χ4n) is 3.82. The summed E-state index contributed by atoms with van der Waals surface area (Å²) in [4.78, 5) is 4.68. The van der Waals surface area contributed by atoms with Crippen molar-refractivity contribution >= 4 is 5.96 Å². The van der Waals surface area contributed by atoms with Gasteiger partial charge in [-0.15, -0.1) is 6.58 Å². The number of aliphatic imine (C=N–C) groups is 1. The topological polar surface area (TPSA) is 58.8 Å². The van der Waals surface area contributed by atoms with Gasteiger partial charge in [0.15, 0.2) is 5.96 Å². The van der Waals surface area contributed by atoms with E-state index in [9.17, 15) is 0 Å². The molecular formula is C18H27N3O2. The Morgan fingerprint density at radius 2 is 2.39 bits per heavy atom. The van der Waals surface area contributed by atoms with Crippen LogP contribution in [0, 0.1) is 11.3 Å². The lowest BCUT2D eigenvalue weighted by Crippen LogP contribution is -2.68. The molecular weight excluding hydrogens is 290 g/mol. The van der Waals surface area contributed by atoms with Gasteiger partial charge in [0, 0.05) is 43.5 Å². The molecule has 1 aliphatic heterocycles. The van der Waals surface area contributed by atoms with Crippen LogP contribution < -0.4 is 10.6 Å². The number of furan rings is 1. The zero-order valence-electron chi connectivity index (χ0n) is 14.0. The molecule has 2 heterocycles. The Balaban J connectivity index is 1.60. The van der Waals surface area contributed by atoms with Gasteiger partial charge in [-0.25, -0.2) is 0 Å². The lowest BCUT2D eigenvalue weighted by molar-refractivity contribution is -0.106.